The molecule has 0 aliphatic carbocycles. The minimum atomic E-state index is -0.359. The number of rotatable bonds is 5. The topological polar surface area (TPSA) is 73.6 Å². The quantitative estimate of drug-likeness (QED) is 0.847. The minimum absolute atomic E-state index is 0.290. The Hall–Kier alpha value is -2.34. The van der Waals surface area contributed by atoms with Gasteiger partial charge in [-0.2, -0.15) is 0 Å². The number of hydrogen-bond donors (Lipinski definition) is 1. The Morgan fingerprint density at radius 2 is 2.10 bits per heavy atom. The van der Waals surface area contributed by atoms with Crippen LogP contribution in [-0.4, -0.2) is 18.2 Å². The van der Waals surface area contributed by atoms with Crippen molar-refractivity contribution in [3.63, 3.8) is 0 Å². The zero-order valence-electron chi connectivity index (χ0n) is 11.6. The third kappa shape index (κ3) is 2.97. The van der Waals surface area contributed by atoms with Crippen molar-refractivity contribution < 1.29 is 18.9 Å². The maximum absolute atomic E-state index is 11.8. The fourth-order valence-electron chi connectivity index (χ4n) is 1.79. The minimum Gasteiger partial charge on any atom is -0.488 e. The number of amides is 1. The molecule has 106 valence electrons. The molecule has 1 amide bonds. The van der Waals surface area contributed by atoms with Gasteiger partial charge in [-0.3, -0.25) is 9.63 Å². The van der Waals surface area contributed by atoms with E-state index < -0.39 is 0 Å². The van der Waals surface area contributed by atoms with Gasteiger partial charge in [-0.05, 0) is 26.0 Å². The lowest BCUT2D eigenvalue weighted by atomic mass is 10.2. The van der Waals surface area contributed by atoms with Crippen LogP contribution in [0.5, 0.6) is 5.75 Å². The van der Waals surface area contributed by atoms with E-state index in [0.29, 0.717) is 23.7 Å². The Morgan fingerprint density at radius 1 is 1.35 bits per heavy atom. The third-order valence-electron chi connectivity index (χ3n) is 2.88. The van der Waals surface area contributed by atoms with E-state index in [2.05, 4.69) is 15.5 Å². The van der Waals surface area contributed by atoms with Crippen LogP contribution in [0.2, 0.25) is 0 Å². The van der Waals surface area contributed by atoms with Crippen LogP contribution in [0.4, 0.5) is 0 Å². The van der Waals surface area contributed by atoms with Crippen molar-refractivity contribution in [2.75, 3.05) is 7.11 Å². The summed E-state index contributed by atoms with van der Waals surface area (Å²) >= 11 is 0. The molecule has 0 unspecified atom stereocenters. The summed E-state index contributed by atoms with van der Waals surface area (Å²) in [5, 5.41) is 3.86. The zero-order chi connectivity index (χ0) is 14.5. The van der Waals surface area contributed by atoms with Crippen LogP contribution in [0.3, 0.4) is 0 Å². The van der Waals surface area contributed by atoms with Crippen molar-refractivity contribution in [2.24, 2.45) is 0 Å². The standard InChI is InChI=1S/C14H16N2O4/c1-9-12(10(2)20-15-9)8-19-13-7-5-4-6-11(13)14(17)16-18-3/h4-7H,8H2,1-3H3,(H,16,17). The van der Waals surface area contributed by atoms with Crippen LogP contribution < -0.4 is 10.2 Å². The molecule has 6 heteroatoms. The highest BCUT2D eigenvalue weighted by Crippen LogP contribution is 2.21. The number of carbonyl (C=O) groups excluding carboxylic acids is 1. The molecule has 0 aliphatic heterocycles. The SMILES string of the molecule is CONC(=O)c1ccccc1OCc1c(C)noc1C. The number of benzene rings is 1. The summed E-state index contributed by atoms with van der Waals surface area (Å²) in [6, 6.07) is 6.94. The molecule has 0 spiro atoms. The molecule has 1 aromatic carbocycles. The van der Waals surface area contributed by atoms with E-state index in [-0.39, 0.29) is 5.91 Å². The lowest BCUT2D eigenvalue weighted by Crippen LogP contribution is -2.22. The summed E-state index contributed by atoms with van der Waals surface area (Å²) in [6.07, 6.45) is 0. The monoisotopic (exact) mass is 276 g/mol. The van der Waals surface area contributed by atoms with E-state index >= 15 is 0 Å². The first-order chi connectivity index (χ1) is 9.63. The van der Waals surface area contributed by atoms with E-state index in [1.54, 1.807) is 24.3 Å². The molecule has 0 radical (unpaired) electrons. The molecule has 0 fully saturated rings. The molecule has 0 saturated carbocycles. The van der Waals surface area contributed by atoms with E-state index in [4.69, 9.17) is 9.26 Å². The molecule has 2 rings (SSSR count). The first kappa shape index (κ1) is 14.1. The number of aromatic nitrogens is 1. The summed E-state index contributed by atoms with van der Waals surface area (Å²) in [5.41, 5.74) is 4.33. The average molecular weight is 276 g/mol. The fraction of sp³-hybridized carbons (Fsp3) is 0.286. The molecule has 0 atom stereocenters. The summed E-state index contributed by atoms with van der Waals surface area (Å²) in [7, 11) is 1.38. The van der Waals surface area contributed by atoms with E-state index in [1.807, 2.05) is 13.8 Å². The maximum Gasteiger partial charge on any atom is 0.278 e. The Balaban J connectivity index is 2.16. The van der Waals surface area contributed by atoms with Gasteiger partial charge in [0, 0.05) is 0 Å². The van der Waals surface area contributed by atoms with Gasteiger partial charge in [-0.25, -0.2) is 5.48 Å². The van der Waals surface area contributed by atoms with Crippen molar-refractivity contribution in [2.45, 2.75) is 20.5 Å². The zero-order valence-corrected chi connectivity index (χ0v) is 11.6. The van der Waals surface area contributed by atoms with Crippen LogP contribution >= 0.6 is 0 Å². The van der Waals surface area contributed by atoms with Gasteiger partial charge in [-0.1, -0.05) is 17.3 Å². The second kappa shape index (κ2) is 6.21. The smallest absolute Gasteiger partial charge is 0.278 e. The summed E-state index contributed by atoms with van der Waals surface area (Å²) in [6.45, 7) is 3.96. The lowest BCUT2D eigenvalue weighted by Gasteiger charge is -2.10. The Labute approximate surface area is 116 Å². The highest BCUT2D eigenvalue weighted by Gasteiger charge is 2.14. The lowest BCUT2D eigenvalue weighted by molar-refractivity contribution is 0.0533. The summed E-state index contributed by atoms with van der Waals surface area (Å²) in [5.74, 6) is 0.824. The average Bonchev–Trinajstić information content (AvgIpc) is 2.76. The molecule has 2 aromatic rings. The molecule has 6 nitrogen and oxygen atoms in total. The Kier molecular flexibility index (Phi) is 4.37. The summed E-state index contributed by atoms with van der Waals surface area (Å²) in [4.78, 5) is 16.4. The largest absolute Gasteiger partial charge is 0.488 e. The second-order valence-corrected chi connectivity index (χ2v) is 4.22. The number of hydroxylamine groups is 1. The van der Waals surface area contributed by atoms with Gasteiger partial charge in [0.1, 0.15) is 18.1 Å². The molecule has 1 aromatic heterocycles. The fourth-order valence-corrected chi connectivity index (χ4v) is 1.79. The number of nitrogens with one attached hydrogen (secondary N) is 1. The molecule has 0 aliphatic rings. The second-order valence-electron chi connectivity index (χ2n) is 4.22. The van der Waals surface area contributed by atoms with Crippen molar-refractivity contribution in [1.29, 1.82) is 0 Å². The molecule has 1 N–H and O–H groups in total. The molecule has 1 heterocycles. The van der Waals surface area contributed by atoms with Crippen LogP contribution in [0.1, 0.15) is 27.4 Å². The van der Waals surface area contributed by atoms with Crippen LogP contribution in [0.15, 0.2) is 28.8 Å². The highest BCUT2D eigenvalue weighted by atomic mass is 16.6. The van der Waals surface area contributed by atoms with Crippen LogP contribution in [-0.2, 0) is 11.4 Å². The van der Waals surface area contributed by atoms with Gasteiger partial charge in [0.25, 0.3) is 5.91 Å². The number of hydrogen-bond acceptors (Lipinski definition) is 5. The molecular formula is C14H16N2O4. The van der Waals surface area contributed by atoms with Crippen molar-refractivity contribution in [3.8, 4) is 5.75 Å². The van der Waals surface area contributed by atoms with Gasteiger partial charge in [0.2, 0.25) is 0 Å². The van der Waals surface area contributed by atoms with Gasteiger partial charge in [-0.15, -0.1) is 0 Å². The molecule has 20 heavy (non-hydrogen) atoms. The van der Waals surface area contributed by atoms with Gasteiger partial charge < -0.3 is 9.26 Å². The van der Waals surface area contributed by atoms with E-state index in [1.165, 1.54) is 7.11 Å². The van der Waals surface area contributed by atoms with Crippen molar-refractivity contribution in [1.82, 2.24) is 10.6 Å². The van der Waals surface area contributed by atoms with Gasteiger partial charge >= 0.3 is 0 Å². The third-order valence-corrected chi connectivity index (χ3v) is 2.88. The van der Waals surface area contributed by atoms with E-state index in [0.717, 1.165) is 11.3 Å². The van der Waals surface area contributed by atoms with Gasteiger partial charge in [0.15, 0.2) is 0 Å². The maximum atomic E-state index is 11.8. The number of ether oxygens (including phenoxy) is 1. The number of carbonyl (C=O) groups is 1. The number of aryl methyl sites for hydroxylation is 2. The van der Waals surface area contributed by atoms with Gasteiger partial charge in [0.05, 0.1) is 23.9 Å². The predicted molar refractivity (Wildman–Crippen MR) is 71.2 cm³/mol. The summed E-state index contributed by atoms with van der Waals surface area (Å²) < 4.78 is 10.8. The Bertz CT molecular complexity index is 587. The van der Waals surface area contributed by atoms with Crippen molar-refractivity contribution in [3.05, 3.63) is 46.8 Å². The first-order valence-corrected chi connectivity index (χ1v) is 6.10. The molecular weight excluding hydrogens is 260 g/mol. The molecule has 0 bridgehead atoms. The number of para-hydroxylation sites is 1. The van der Waals surface area contributed by atoms with Crippen LogP contribution in [0, 0.1) is 13.8 Å². The first-order valence-electron chi connectivity index (χ1n) is 6.10. The highest BCUT2D eigenvalue weighted by molar-refractivity contribution is 5.96. The predicted octanol–water partition coefficient (Wildman–Crippen LogP) is 2.16. The van der Waals surface area contributed by atoms with E-state index in [9.17, 15) is 4.79 Å². The molecule has 0 saturated heterocycles. The number of nitrogens with zero attached hydrogens (tertiary/aromatic N) is 1. The normalized spacial score (nSPS) is 10.3. The van der Waals surface area contributed by atoms with Crippen molar-refractivity contribution >= 4 is 5.91 Å². The van der Waals surface area contributed by atoms with Crippen LogP contribution in [0.25, 0.3) is 0 Å². The Morgan fingerprint density at radius 3 is 2.75 bits per heavy atom.